The van der Waals surface area contributed by atoms with Gasteiger partial charge in [0.05, 0.1) is 11.4 Å². The first-order valence-electron chi connectivity index (χ1n) is 8.93. The van der Waals surface area contributed by atoms with E-state index in [0.717, 1.165) is 53.4 Å². The van der Waals surface area contributed by atoms with Gasteiger partial charge in [-0.05, 0) is 34.1 Å². The summed E-state index contributed by atoms with van der Waals surface area (Å²) in [5, 5.41) is 12.6. The van der Waals surface area contributed by atoms with Gasteiger partial charge in [0.25, 0.3) is 0 Å². The molecule has 7 heteroatoms. The Bertz CT molecular complexity index is 904. The molecular weight excluding hydrogens is 314 g/mol. The number of anilines is 1. The second-order valence-electron chi connectivity index (χ2n) is 6.46. The van der Waals surface area contributed by atoms with Crippen molar-refractivity contribution in [2.75, 3.05) is 5.32 Å². The van der Waals surface area contributed by atoms with E-state index in [0.29, 0.717) is 6.54 Å². The molecule has 0 aliphatic carbocycles. The van der Waals surface area contributed by atoms with Crippen LogP contribution in [0.4, 0.5) is 5.82 Å². The Labute approximate surface area is 148 Å². The van der Waals surface area contributed by atoms with E-state index >= 15 is 0 Å². The van der Waals surface area contributed by atoms with Gasteiger partial charge in [0.15, 0.2) is 5.82 Å². The summed E-state index contributed by atoms with van der Waals surface area (Å²) in [6.45, 7) is 11.9. The zero-order valence-electron chi connectivity index (χ0n) is 16.0. The number of aromatic nitrogens is 6. The molecular formula is C18H27N7. The Morgan fingerprint density at radius 2 is 1.76 bits per heavy atom. The molecule has 0 radical (unpaired) electrons. The lowest BCUT2D eigenvalue weighted by atomic mass is 10.2. The number of fused-ring (bicyclic) bond motifs is 1. The van der Waals surface area contributed by atoms with Crippen molar-refractivity contribution in [3.8, 4) is 0 Å². The summed E-state index contributed by atoms with van der Waals surface area (Å²) in [6.07, 6.45) is 1.89. The monoisotopic (exact) mass is 341 g/mol. The standard InChI is InChI=1S/C18H27N7/c1-7-9-15-20-16-12(4)23-25(8-2)17(16)18(21-15)19-10-14-11(3)22-24(6)13(14)5/h7-10H2,1-6H3,(H,19,20,21). The molecule has 3 aromatic heterocycles. The second-order valence-corrected chi connectivity index (χ2v) is 6.46. The Morgan fingerprint density at radius 1 is 1.00 bits per heavy atom. The van der Waals surface area contributed by atoms with Gasteiger partial charge >= 0.3 is 0 Å². The van der Waals surface area contributed by atoms with Gasteiger partial charge in [-0.1, -0.05) is 6.92 Å². The first-order chi connectivity index (χ1) is 12.0. The number of hydrogen-bond acceptors (Lipinski definition) is 5. The van der Waals surface area contributed by atoms with Gasteiger partial charge in [-0.25, -0.2) is 9.97 Å². The van der Waals surface area contributed by atoms with Crippen LogP contribution in [0.15, 0.2) is 0 Å². The Hall–Kier alpha value is -2.44. The molecule has 1 N–H and O–H groups in total. The molecule has 0 bridgehead atoms. The van der Waals surface area contributed by atoms with Crippen LogP contribution in [0, 0.1) is 20.8 Å². The SMILES string of the molecule is CCCc1nc(NCc2c(C)nn(C)c2C)c2c(n1)c(C)nn2CC. The van der Waals surface area contributed by atoms with Crippen LogP contribution in [0.1, 0.15) is 48.7 Å². The second kappa shape index (κ2) is 6.82. The van der Waals surface area contributed by atoms with E-state index in [-0.39, 0.29) is 0 Å². The maximum atomic E-state index is 4.78. The third-order valence-electron chi connectivity index (χ3n) is 4.67. The first-order valence-corrected chi connectivity index (χ1v) is 8.93. The van der Waals surface area contributed by atoms with E-state index in [1.165, 1.54) is 11.3 Å². The van der Waals surface area contributed by atoms with Crippen molar-refractivity contribution in [3.05, 3.63) is 28.5 Å². The molecule has 134 valence electrons. The topological polar surface area (TPSA) is 73.5 Å². The number of nitrogens with one attached hydrogen (secondary N) is 1. The fourth-order valence-electron chi connectivity index (χ4n) is 3.21. The largest absolute Gasteiger partial charge is 0.364 e. The molecule has 0 spiro atoms. The molecule has 0 fully saturated rings. The quantitative estimate of drug-likeness (QED) is 0.746. The van der Waals surface area contributed by atoms with Gasteiger partial charge in [-0.15, -0.1) is 0 Å². The molecule has 0 aliphatic heterocycles. The average Bonchev–Trinajstić information content (AvgIpc) is 3.03. The van der Waals surface area contributed by atoms with Crippen LogP contribution in [0.3, 0.4) is 0 Å². The van der Waals surface area contributed by atoms with E-state index in [2.05, 4.69) is 36.3 Å². The minimum Gasteiger partial charge on any atom is -0.364 e. The van der Waals surface area contributed by atoms with Crippen molar-refractivity contribution < 1.29 is 0 Å². The third-order valence-corrected chi connectivity index (χ3v) is 4.67. The average molecular weight is 341 g/mol. The van der Waals surface area contributed by atoms with Crippen molar-refractivity contribution in [2.24, 2.45) is 7.05 Å². The maximum Gasteiger partial charge on any atom is 0.156 e. The summed E-state index contributed by atoms with van der Waals surface area (Å²) in [5.74, 6) is 1.73. The van der Waals surface area contributed by atoms with Crippen LogP contribution in [0.5, 0.6) is 0 Å². The van der Waals surface area contributed by atoms with Crippen LogP contribution in [-0.4, -0.2) is 29.5 Å². The van der Waals surface area contributed by atoms with Gasteiger partial charge in [-0.2, -0.15) is 10.2 Å². The van der Waals surface area contributed by atoms with E-state index in [1.807, 2.05) is 30.3 Å². The van der Waals surface area contributed by atoms with Crippen LogP contribution in [0.2, 0.25) is 0 Å². The number of aryl methyl sites for hydroxylation is 5. The van der Waals surface area contributed by atoms with E-state index in [9.17, 15) is 0 Å². The van der Waals surface area contributed by atoms with Crippen molar-refractivity contribution in [1.29, 1.82) is 0 Å². The lowest BCUT2D eigenvalue weighted by molar-refractivity contribution is 0.675. The highest BCUT2D eigenvalue weighted by molar-refractivity contribution is 5.87. The van der Waals surface area contributed by atoms with Crippen LogP contribution < -0.4 is 5.32 Å². The van der Waals surface area contributed by atoms with E-state index < -0.39 is 0 Å². The summed E-state index contributed by atoms with van der Waals surface area (Å²) in [6, 6.07) is 0. The normalized spacial score (nSPS) is 11.4. The van der Waals surface area contributed by atoms with Crippen molar-refractivity contribution in [2.45, 2.75) is 60.5 Å². The minimum atomic E-state index is 0.692. The molecule has 0 atom stereocenters. The van der Waals surface area contributed by atoms with Crippen LogP contribution >= 0.6 is 0 Å². The van der Waals surface area contributed by atoms with Gasteiger partial charge in [0, 0.05) is 37.8 Å². The summed E-state index contributed by atoms with van der Waals surface area (Å²) < 4.78 is 3.90. The molecule has 3 heterocycles. The molecule has 0 amide bonds. The highest BCUT2D eigenvalue weighted by Crippen LogP contribution is 2.25. The molecule has 3 rings (SSSR count). The summed E-state index contributed by atoms with van der Waals surface area (Å²) in [4.78, 5) is 9.52. The molecule has 3 aromatic rings. The summed E-state index contributed by atoms with van der Waals surface area (Å²) in [5.41, 5.74) is 6.32. The molecule has 0 aliphatic rings. The Morgan fingerprint density at radius 3 is 2.36 bits per heavy atom. The number of hydrogen-bond donors (Lipinski definition) is 1. The van der Waals surface area contributed by atoms with Crippen molar-refractivity contribution in [1.82, 2.24) is 29.5 Å². The Balaban J connectivity index is 2.04. The molecule has 0 unspecified atom stereocenters. The third kappa shape index (κ3) is 3.10. The zero-order valence-corrected chi connectivity index (χ0v) is 16.0. The van der Waals surface area contributed by atoms with Gasteiger partial charge < -0.3 is 5.32 Å². The molecule has 7 nitrogen and oxygen atoms in total. The predicted molar refractivity (Wildman–Crippen MR) is 99.7 cm³/mol. The van der Waals surface area contributed by atoms with Crippen molar-refractivity contribution in [3.63, 3.8) is 0 Å². The smallest absolute Gasteiger partial charge is 0.156 e. The van der Waals surface area contributed by atoms with Crippen LogP contribution in [0.25, 0.3) is 11.0 Å². The maximum absolute atomic E-state index is 4.78. The van der Waals surface area contributed by atoms with Gasteiger partial charge in [0.2, 0.25) is 0 Å². The zero-order chi connectivity index (χ0) is 18.1. The van der Waals surface area contributed by atoms with Crippen LogP contribution in [-0.2, 0) is 26.6 Å². The first kappa shape index (κ1) is 17.4. The molecule has 25 heavy (non-hydrogen) atoms. The number of rotatable bonds is 6. The van der Waals surface area contributed by atoms with E-state index in [1.54, 1.807) is 0 Å². The highest BCUT2D eigenvalue weighted by Gasteiger charge is 2.17. The Kier molecular flexibility index (Phi) is 4.74. The number of nitrogens with zero attached hydrogens (tertiary/aromatic N) is 6. The van der Waals surface area contributed by atoms with Gasteiger partial charge in [-0.3, -0.25) is 9.36 Å². The lowest BCUT2D eigenvalue weighted by Gasteiger charge is -2.11. The summed E-state index contributed by atoms with van der Waals surface area (Å²) >= 11 is 0. The van der Waals surface area contributed by atoms with Crippen molar-refractivity contribution >= 4 is 16.9 Å². The fraction of sp³-hybridized carbons (Fsp3) is 0.556. The minimum absolute atomic E-state index is 0.692. The molecule has 0 saturated heterocycles. The summed E-state index contributed by atoms with van der Waals surface area (Å²) in [7, 11) is 1.98. The fourth-order valence-corrected chi connectivity index (χ4v) is 3.21. The van der Waals surface area contributed by atoms with Gasteiger partial charge in [0.1, 0.15) is 16.9 Å². The lowest BCUT2D eigenvalue weighted by Crippen LogP contribution is -2.09. The van der Waals surface area contributed by atoms with E-state index in [4.69, 9.17) is 9.97 Å². The highest BCUT2D eigenvalue weighted by atomic mass is 15.3. The molecule has 0 saturated carbocycles. The molecule has 0 aromatic carbocycles. The predicted octanol–water partition coefficient (Wildman–Crippen LogP) is 3.07.